The highest BCUT2D eigenvalue weighted by Crippen LogP contribution is 2.35. The van der Waals surface area contributed by atoms with Gasteiger partial charge in [-0.1, -0.05) is 24.3 Å². The molecule has 4 aromatic rings. The van der Waals surface area contributed by atoms with Crippen LogP contribution in [0.2, 0.25) is 0 Å². The molecule has 33 heavy (non-hydrogen) atoms. The highest BCUT2D eigenvalue weighted by Gasteiger charge is 2.48. The first kappa shape index (κ1) is 20.5. The van der Waals surface area contributed by atoms with Crippen LogP contribution in [-0.4, -0.2) is 38.9 Å². The molecule has 1 aliphatic rings. The lowest BCUT2D eigenvalue weighted by Crippen LogP contribution is -2.47. The van der Waals surface area contributed by atoms with E-state index in [2.05, 4.69) is 20.8 Å². The van der Waals surface area contributed by atoms with Crippen molar-refractivity contribution in [2.24, 2.45) is 0 Å². The highest BCUT2D eigenvalue weighted by atomic mass is 16.5. The van der Waals surface area contributed by atoms with Crippen molar-refractivity contribution in [1.82, 2.24) is 25.4 Å². The molecular formula is C24H21N5O4. The van der Waals surface area contributed by atoms with E-state index >= 15 is 0 Å². The third-order valence-corrected chi connectivity index (χ3v) is 5.89. The number of benzene rings is 2. The van der Waals surface area contributed by atoms with Gasteiger partial charge in [-0.15, -0.1) is 0 Å². The SMILES string of the molecule is COc1ccc2cn(C[C@@]3(c4ccc(-c5ccc(C)nn5)cc4)NC(=O)NC3=O)c(O)c2c1. The zero-order chi connectivity index (χ0) is 23.2. The van der Waals surface area contributed by atoms with Gasteiger partial charge >= 0.3 is 6.03 Å². The molecule has 0 saturated carbocycles. The van der Waals surface area contributed by atoms with Crippen molar-refractivity contribution in [3.63, 3.8) is 0 Å². The Hall–Kier alpha value is -4.40. The lowest BCUT2D eigenvalue weighted by Gasteiger charge is -2.27. The number of aromatic hydroxyl groups is 1. The highest BCUT2D eigenvalue weighted by molar-refractivity contribution is 6.07. The Balaban J connectivity index is 1.55. The van der Waals surface area contributed by atoms with E-state index in [1.807, 2.05) is 37.3 Å². The van der Waals surface area contributed by atoms with E-state index in [0.717, 1.165) is 16.6 Å². The number of hydrogen-bond donors (Lipinski definition) is 3. The molecule has 1 aliphatic heterocycles. The summed E-state index contributed by atoms with van der Waals surface area (Å²) in [5.41, 5.74) is 1.52. The van der Waals surface area contributed by atoms with Crippen LogP contribution in [0.4, 0.5) is 4.79 Å². The van der Waals surface area contributed by atoms with Crippen molar-refractivity contribution in [2.45, 2.75) is 19.0 Å². The molecule has 0 aliphatic carbocycles. The van der Waals surface area contributed by atoms with Crippen molar-refractivity contribution < 1.29 is 19.4 Å². The van der Waals surface area contributed by atoms with Crippen LogP contribution in [0.15, 0.2) is 60.8 Å². The van der Waals surface area contributed by atoms with Gasteiger partial charge in [0.1, 0.15) is 5.75 Å². The number of urea groups is 1. The Bertz CT molecular complexity index is 1380. The molecule has 0 spiro atoms. The maximum atomic E-state index is 13.0. The standard InChI is InChI=1S/C24H21N5O4/c1-14-3-10-20(28-27-14)15-4-7-17(8-5-15)24(22(31)25-23(32)26-24)13-29-12-16-6-9-18(33-2)11-19(16)21(29)30/h3-12,30H,13H2,1-2H3,(H2,25,26,31,32)/t24-/m0/s1. The maximum Gasteiger partial charge on any atom is 0.322 e. The zero-order valence-corrected chi connectivity index (χ0v) is 18.0. The number of aryl methyl sites for hydroxylation is 1. The molecule has 1 saturated heterocycles. The second-order valence-electron chi connectivity index (χ2n) is 7.98. The first-order chi connectivity index (χ1) is 15.9. The van der Waals surface area contributed by atoms with E-state index < -0.39 is 17.5 Å². The predicted octanol–water partition coefficient (Wildman–Crippen LogP) is 2.86. The topological polar surface area (TPSA) is 118 Å². The number of rotatable bonds is 5. The third-order valence-electron chi connectivity index (χ3n) is 5.89. The minimum Gasteiger partial charge on any atom is -0.497 e. The van der Waals surface area contributed by atoms with Gasteiger partial charge in [-0.25, -0.2) is 4.79 Å². The number of fused-ring (bicyclic) bond motifs is 1. The van der Waals surface area contributed by atoms with Gasteiger partial charge in [0.15, 0.2) is 11.4 Å². The first-order valence-electron chi connectivity index (χ1n) is 10.3. The Morgan fingerprint density at radius 1 is 1.06 bits per heavy atom. The van der Waals surface area contributed by atoms with Crippen molar-refractivity contribution in [3.8, 4) is 22.9 Å². The smallest absolute Gasteiger partial charge is 0.322 e. The monoisotopic (exact) mass is 443 g/mol. The van der Waals surface area contributed by atoms with Gasteiger partial charge in [0, 0.05) is 22.5 Å². The van der Waals surface area contributed by atoms with Gasteiger partial charge in [0.05, 0.1) is 25.0 Å². The molecule has 5 rings (SSSR count). The second kappa shape index (κ2) is 7.63. The van der Waals surface area contributed by atoms with Crippen molar-refractivity contribution >= 4 is 22.7 Å². The summed E-state index contributed by atoms with van der Waals surface area (Å²) in [5, 5.41) is 25.6. The average Bonchev–Trinajstić information content (AvgIpc) is 3.29. The van der Waals surface area contributed by atoms with E-state index in [9.17, 15) is 14.7 Å². The molecule has 3 heterocycles. The molecule has 2 aromatic heterocycles. The van der Waals surface area contributed by atoms with Gasteiger partial charge in [0.25, 0.3) is 5.91 Å². The molecule has 166 valence electrons. The number of ether oxygens (including phenoxy) is 1. The van der Waals surface area contributed by atoms with Crippen molar-refractivity contribution in [2.75, 3.05) is 7.11 Å². The van der Waals surface area contributed by atoms with Crippen LogP contribution in [0.1, 0.15) is 11.3 Å². The van der Waals surface area contributed by atoms with Gasteiger partial charge in [-0.05, 0) is 42.8 Å². The number of aromatic nitrogens is 3. The van der Waals surface area contributed by atoms with Gasteiger partial charge in [-0.2, -0.15) is 10.2 Å². The Labute approximate surface area is 189 Å². The summed E-state index contributed by atoms with van der Waals surface area (Å²) in [7, 11) is 1.55. The lowest BCUT2D eigenvalue weighted by atomic mass is 9.88. The molecule has 1 fully saturated rings. The van der Waals surface area contributed by atoms with Crippen molar-refractivity contribution in [1.29, 1.82) is 0 Å². The number of carbonyl (C=O) groups excluding carboxylic acids is 2. The summed E-state index contributed by atoms with van der Waals surface area (Å²) >= 11 is 0. The molecule has 1 atom stereocenters. The lowest BCUT2D eigenvalue weighted by molar-refractivity contribution is -0.124. The van der Waals surface area contributed by atoms with E-state index in [4.69, 9.17) is 4.74 Å². The van der Waals surface area contributed by atoms with Crippen LogP contribution in [-0.2, 0) is 16.9 Å². The van der Waals surface area contributed by atoms with Crippen LogP contribution in [0.5, 0.6) is 11.6 Å². The molecule has 3 N–H and O–H groups in total. The van der Waals surface area contributed by atoms with Crippen LogP contribution >= 0.6 is 0 Å². The molecular weight excluding hydrogens is 422 g/mol. The number of methoxy groups -OCH3 is 1. The van der Waals surface area contributed by atoms with Gasteiger partial charge < -0.3 is 19.7 Å². The van der Waals surface area contributed by atoms with Gasteiger partial charge in [-0.3, -0.25) is 10.1 Å². The average molecular weight is 443 g/mol. The van der Waals surface area contributed by atoms with E-state index in [0.29, 0.717) is 22.4 Å². The number of nitrogens with zero attached hydrogens (tertiary/aromatic N) is 3. The Kier molecular flexibility index (Phi) is 4.74. The first-order valence-corrected chi connectivity index (χ1v) is 10.3. The van der Waals surface area contributed by atoms with E-state index in [1.165, 1.54) is 0 Å². The Morgan fingerprint density at radius 3 is 2.48 bits per heavy atom. The molecule has 0 bridgehead atoms. The molecule has 2 aromatic carbocycles. The summed E-state index contributed by atoms with van der Waals surface area (Å²) in [5.74, 6) is 0.0841. The normalized spacial score (nSPS) is 17.8. The van der Waals surface area contributed by atoms with Crippen LogP contribution in [0, 0.1) is 6.92 Å². The summed E-state index contributed by atoms with van der Waals surface area (Å²) < 4.78 is 6.79. The number of hydrogen-bond acceptors (Lipinski definition) is 6. The number of nitrogens with one attached hydrogen (secondary N) is 2. The second-order valence-corrected chi connectivity index (χ2v) is 7.98. The fourth-order valence-electron chi connectivity index (χ4n) is 4.10. The molecule has 9 heteroatoms. The number of carbonyl (C=O) groups is 2. The fourth-order valence-corrected chi connectivity index (χ4v) is 4.10. The molecule has 0 radical (unpaired) electrons. The minimum absolute atomic E-state index is 0.00289. The number of amides is 3. The predicted molar refractivity (Wildman–Crippen MR) is 121 cm³/mol. The Morgan fingerprint density at radius 2 is 1.85 bits per heavy atom. The number of imide groups is 1. The minimum atomic E-state index is -1.40. The molecule has 0 unspecified atom stereocenters. The van der Waals surface area contributed by atoms with E-state index in [-0.39, 0.29) is 12.4 Å². The summed E-state index contributed by atoms with van der Waals surface area (Å²) in [6, 6.07) is 15.7. The van der Waals surface area contributed by atoms with Crippen LogP contribution < -0.4 is 15.4 Å². The summed E-state index contributed by atoms with van der Waals surface area (Å²) in [6.07, 6.45) is 1.74. The zero-order valence-electron chi connectivity index (χ0n) is 18.0. The van der Waals surface area contributed by atoms with Crippen LogP contribution in [0.25, 0.3) is 22.0 Å². The maximum absolute atomic E-state index is 13.0. The summed E-state index contributed by atoms with van der Waals surface area (Å²) in [6.45, 7) is 1.86. The van der Waals surface area contributed by atoms with E-state index in [1.54, 1.807) is 42.1 Å². The summed E-state index contributed by atoms with van der Waals surface area (Å²) in [4.78, 5) is 25.1. The van der Waals surface area contributed by atoms with Gasteiger partial charge in [0.2, 0.25) is 0 Å². The molecule has 3 amide bonds. The fraction of sp³-hybridized carbons (Fsp3) is 0.167. The van der Waals surface area contributed by atoms with Crippen LogP contribution in [0.3, 0.4) is 0 Å². The van der Waals surface area contributed by atoms with Crippen molar-refractivity contribution in [3.05, 3.63) is 72.1 Å². The quantitative estimate of drug-likeness (QED) is 0.408. The largest absolute Gasteiger partial charge is 0.497 e. The molecule has 9 nitrogen and oxygen atoms in total. The third kappa shape index (κ3) is 3.43.